The van der Waals surface area contributed by atoms with Crippen LogP contribution in [-0.4, -0.2) is 33.4 Å². The number of anilines is 1. The maximum Gasteiger partial charge on any atom is 0.253 e. The standard InChI is InChI=1S/C12H13ClN4O2S/c13-7-2-3-8-11(17-20-16-8)10(7)15-12(18)9-4-1-6(5-14)19-9/h2-3,6,9H,1,4-5,14H2,(H,15,18). The molecule has 6 nitrogen and oxygen atoms in total. The highest BCUT2D eigenvalue weighted by Crippen LogP contribution is 2.31. The number of benzene rings is 1. The van der Waals surface area contributed by atoms with Crippen molar-refractivity contribution in [2.45, 2.75) is 25.0 Å². The number of amides is 1. The van der Waals surface area contributed by atoms with Crippen molar-refractivity contribution in [1.82, 2.24) is 8.75 Å². The van der Waals surface area contributed by atoms with Gasteiger partial charge in [0, 0.05) is 6.54 Å². The Balaban J connectivity index is 1.81. The minimum Gasteiger partial charge on any atom is -0.364 e. The van der Waals surface area contributed by atoms with Crippen LogP contribution in [0.2, 0.25) is 5.02 Å². The van der Waals surface area contributed by atoms with Gasteiger partial charge < -0.3 is 15.8 Å². The molecule has 2 aromatic rings. The fourth-order valence-corrected chi connectivity index (χ4v) is 2.96. The second-order valence-corrected chi connectivity index (χ2v) is 5.54. The zero-order valence-corrected chi connectivity index (χ0v) is 12.1. The van der Waals surface area contributed by atoms with Gasteiger partial charge in [0.2, 0.25) is 0 Å². The van der Waals surface area contributed by atoms with Gasteiger partial charge in [0.05, 0.1) is 28.5 Å². The lowest BCUT2D eigenvalue weighted by molar-refractivity contribution is -0.126. The van der Waals surface area contributed by atoms with Crippen molar-refractivity contribution < 1.29 is 9.53 Å². The van der Waals surface area contributed by atoms with Crippen LogP contribution in [0.5, 0.6) is 0 Å². The van der Waals surface area contributed by atoms with E-state index in [0.29, 0.717) is 34.7 Å². The van der Waals surface area contributed by atoms with Crippen molar-refractivity contribution >= 4 is 46.0 Å². The highest BCUT2D eigenvalue weighted by atomic mass is 35.5. The second-order valence-electron chi connectivity index (χ2n) is 4.60. The lowest BCUT2D eigenvalue weighted by atomic mass is 10.2. The predicted octanol–water partition coefficient (Wildman–Crippen LogP) is 1.79. The Hall–Kier alpha value is -1.28. The largest absolute Gasteiger partial charge is 0.364 e. The Morgan fingerprint density at radius 3 is 3.10 bits per heavy atom. The van der Waals surface area contributed by atoms with Crippen LogP contribution in [0.25, 0.3) is 11.0 Å². The van der Waals surface area contributed by atoms with Gasteiger partial charge in [-0.05, 0) is 25.0 Å². The molecule has 0 aliphatic carbocycles. The molecule has 8 heteroatoms. The maximum atomic E-state index is 12.2. The number of hydrogen-bond acceptors (Lipinski definition) is 6. The molecule has 20 heavy (non-hydrogen) atoms. The van der Waals surface area contributed by atoms with Gasteiger partial charge in [0.25, 0.3) is 5.91 Å². The van der Waals surface area contributed by atoms with Crippen LogP contribution in [0.1, 0.15) is 12.8 Å². The summed E-state index contributed by atoms with van der Waals surface area (Å²) in [4.78, 5) is 12.2. The minimum atomic E-state index is -0.485. The normalized spacial score (nSPS) is 22.3. The molecule has 1 aliphatic rings. The highest BCUT2D eigenvalue weighted by Gasteiger charge is 2.30. The molecule has 2 atom stereocenters. The van der Waals surface area contributed by atoms with E-state index in [1.54, 1.807) is 12.1 Å². The monoisotopic (exact) mass is 312 g/mol. The summed E-state index contributed by atoms with van der Waals surface area (Å²) in [6, 6.07) is 3.46. The third-order valence-electron chi connectivity index (χ3n) is 3.29. The van der Waals surface area contributed by atoms with Gasteiger partial charge in [0.1, 0.15) is 17.1 Å². The topological polar surface area (TPSA) is 90.1 Å². The van der Waals surface area contributed by atoms with Crippen LogP contribution in [0, 0.1) is 0 Å². The molecule has 1 aliphatic heterocycles. The summed E-state index contributed by atoms with van der Waals surface area (Å²) >= 11 is 7.21. The Bertz CT molecular complexity index is 647. The zero-order chi connectivity index (χ0) is 14.1. The average Bonchev–Trinajstić information content (AvgIpc) is 3.09. The predicted molar refractivity (Wildman–Crippen MR) is 78.0 cm³/mol. The number of carbonyl (C=O) groups excluding carboxylic acids is 1. The lowest BCUT2D eigenvalue weighted by Crippen LogP contribution is -2.30. The molecule has 1 fully saturated rings. The van der Waals surface area contributed by atoms with Crippen molar-refractivity contribution in [2.24, 2.45) is 5.73 Å². The number of nitrogens with zero attached hydrogens (tertiary/aromatic N) is 2. The first kappa shape index (κ1) is 13.7. The molecule has 3 N–H and O–H groups in total. The number of fused-ring (bicyclic) bond motifs is 1. The molecule has 0 spiro atoms. The summed E-state index contributed by atoms with van der Waals surface area (Å²) in [6.07, 6.45) is 0.931. The summed E-state index contributed by atoms with van der Waals surface area (Å²) in [5.74, 6) is -0.219. The molecule has 3 rings (SSSR count). The van der Waals surface area contributed by atoms with Gasteiger partial charge in [-0.1, -0.05) is 11.6 Å². The number of nitrogens with one attached hydrogen (secondary N) is 1. The molecular weight excluding hydrogens is 300 g/mol. The van der Waals surface area contributed by atoms with Gasteiger partial charge in [0.15, 0.2) is 0 Å². The molecule has 1 amide bonds. The van der Waals surface area contributed by atoms with Crippen molar-refractivity contribution in [3.05, 3.63) is 17.2 Å². The summed E-state index contributed by atoms with van der Waals surface area (Å²) < 4.78 is 13.8. The van der Waals surface area contributed by atoms with Gasteiger partial charge >= 0.3 is 0 Å². The van der Waals surface area contributed by atoms with E-state index in [1.807, 2.05) is 0 Å². The summed E-state index contributed by atoms with van der Waals surface area (Å²) in [5, 5.41) is 3.23. The van der Waals surface area contributed by atoms with Crippen LogP contribution >= 0.6 is 23.3 Å². The average molecular weight is 313 g/mol. The first-order valence-electron chi connectivity index (χ1n) is 6.26. The molecule has 2 unspecified atom stereocenters. The Morgan fingerprint density at radius 1 is 1.50 bits per heavy atom. The fraction of sp³-hybridized carbons (Fsp3) is 0.417. The van der Waals surface area contributed by atoms with Crippen LogP contribution in [0.4, 0.5) is 5.69 Å². The van der Waals surface area contributed by atoms with Crippen molar-refractivity contribution in [1.29, 1.82) is 0 Å². The molecule has 2 heterocycles. The van der Waals surface area contributed by atoms with E-state index in [9.17, 15) is 4.79 Å². The molecule has 0 radical (unpaired) electrons. The number of aromatic nitrogens is 2. The molecule has 1 saturated heterocycles. The van der Waals surface area contributed by atoms with Crippen molar-refractivity contribution in [2.75, 3.05) is 11.9 Å². The molecule has 0 bridgehead atoms. The SMILES string of the molecule is NCC1CCC(C(=O)Nc2c(Cl)ccc3nsnc23)O1. The van der Waals surface area contributed by atoms with Crippen LogP contribution < -0.4 is 11.1 Å². The minimum absolute atomic E-state index is 0.0436. The Morgan fingerprint density at radius 2 is 2.35 bits per heavy atom. The first-order chi connectivity index (χ1) is 9.69. The van der Waals surface area contributed by atoms with E-state index < -0.39 is 6.10 Å². The Kier molecular flexibility index (Phi) is 3.84. The molecule has 106 valence electrons. The van der Waals surface area contributed by atoms with E-state index in [0.717, 1.165) is 18.1 Å². The van der Waals surface area contributed by atoms with Gasteiger partial charge in [-0.15, -0.1) is 0 Å². The molecule has 1 aromatic heterocycles. The number of hydrogen-bond donors (Lipinski definition) is 2. The van der Waals surface area contributed by atoms with Gasteiger partial charge in [-0.3, -0.25) is 4.79 Å². The van der Waals surface area contributed by atoms with E-state index in [1.165, 1.54) is 0 Å². The van der Waals surface area contributed by atoms with E-state index in [-0.39, 0.29) is 12.0 Å². The molecular formula is C12H13ClN4O2S. The number of ether oxygens (including phenoxy) is 1. The molecule has 0 saturated carbocycles. The van der Waals surface area contributed by atoms with Gasteiger partial charge in [-0.25, -0.2) is 0 Å². The highest BCUT2D eigenvalue weighted by molar-refractivity contribution is 7.00. The van der Waals surface area contributed by atoms with Crippen LogP contribution in [0.3, 0.4) is 0 Å². The van der Waals surface area contributed by atoms with E-state index in [2.05, 4.69) is 14.1 Å². The van der Waals surface area contributed by atoms with Crippen molar-refractivity contribution in [3.8, 4) is 0 Å². The summed E-state index contributed by atoms with van der Waals surface area (Å²) in [5.41, 5.74) is 7.34. The number of carbonyl (C=O) groups is 1. The fourth-order valence-electron chi connectivity index (χ4n) is 2.22. The maximum absolute atomic E-state index is 12.2. The molecule has 1 aromatic carbocycles. The van der Waals surface area contributed by atoms with Crippen LogP contribution in [-0.2, 0) is 9.53 Å². The third-order valence-corrected chi connectivity index (χ3v) is 4.15. The second kappa shape index (κ2) is 5.61. The Labute approximate surface area is 124 Å². The van der Waals surface area contributed by atoms with Crippen LogP contribution in [0.15, 0.2) is 12.1 Å². The first-order valence-corrected chi connectivity index (χ1v) is 7.37. The van der Waals surface area contributed by atoms with Gasteiger partial charge in [-0.2, -0.15) is 8.75 Å². The van der Waals surface area contributed by atoms with E-state index in [4.69, 9.17) is 22.1 Å². The van der Waals surface area contributed by atoms with Crippen molar-refractivity contribution in [3.63, 3.8) is 0 Å². The number of rotatable bonds is 3. The zero-order valence-electron chi connectivity index (χ0n) is 10.5. The lowest BCUT2D eigenvalue weighted by Gasteiger charge is -2.13. The number of halogens is 1. The summed E-state index contributed by atoms with van der Waals surface area (Å²) in [7, 11) is 0. The smallest absolute Gasteiger partial charge is 0.253 e. The number of nitrogens with two attached hydrogens (primary N) is 1. The summed E-state index contributed by atoms with van der Waals surface area (Å²) in [6.45, 7) is 0.427. The van der Waals surface area contributed by atoms with E-state index >= 15 is 0 Å². The quantitative estimate of drug-likeness (QED) is 0.901. The third kappa shape index (κ3) is 2.49.